The monoisotopic (exact) mass is 236 g/mol. The summed E-state index contributed by atoms with van der Waals surface area (Å²) in [4.78, 5) is 21.4. The number of aromatic amines is 1. The summed E-state index contributed by atoms with van der Waals surface area (Å²) in [5.41, 5.74) is 6.71. The highest BCUT2D eigenvalue weighted by Gasteiger charge is 2.36. The zero-order valence-electron chi connectivity index (χ0n) is 10.6. The van der Waals surface area contributed by atoms with E-state index in [4.69, 9.17) is 5.73 Å². The number of imidazole rings is 1. The van der Waals surface area contributed by atoms with Gasteiger partial charge in [0.1, 0.15) is 5.82 Å². The number of carbonyl (C=O) groups excluding carboxylic acids is 1. The van der Waals surface area contributed by atoms with Gasteiger partial charge in [-0.2, -0.15) is 0 Å². The van der Waals surface area contributed by atoms with E-state index in [1.807, 2.05) is 11.8 Å². The van der Waals surface area contributed by atoms with E-state index in [0.717, 1.165) is 24.5 Å². The van der Waals surface area contributed by atoms with Gasteiger partial charge >= 0.3 is 0 Å². The summed E-state index contributed by atoms with van der Waals surface area (Å²) in [5.74, 6) is 1.38. The first-order chi connectivity index (χ1) is 7.99. The van der Waals surface area contributed by atoms with Gasteiger partial charge in [0.25, 0.3) is 0 Å². The van der Waals surface area contributed by atoms with Gasteiger partial charge in [0.15, 0.2) is 0 Å². The quantitative estimate of drug-likeness (QED) is 0.803. The lowest BCUT2D eigenvalue weighted by molar-refractivity contribution is -0.133. The third-order valence-corrected chi connectivity index (χ3v) is 3.22. The zero-order valence-corrected chi connectivity index (χ0v) is 10.6. The summed E-state index contributed by atoms with van der Waals surface area (Å²) in [7, 11) is 0. The molecular weight excluding hydrogens is 216 g/mol. The summed E-state index contributed by atoms with van der Waals surface area (Å²) in [6.07, 6.45) is 2.75. The first-order valence-corrected chi connectivity index (χ1v) is 6.06. The molecule has 1 fully saturated rings. The first kappa shape index (κ1) is 12.1. The number of likely N-dealkylation sites (tertiary alicyclic amines) is 1. The van der Waals surface area contributed by atoms with Crippen LogP contribution in [0, 0.1) is 12.8 Å². The summed E-state index contributed by atoms with van der Waals surface area (Å²) >= 11 is 0. The predicted molar refractivity (Wildman–Crippen MR) is 65.2 cm³/mol. The van der Waals surface area contributed by atoms with Crippen LogP contribution >= 0.6 is 0 Å². The summed E-state index contributed by atoms with van der Waals surface area (Å²) < 4.78 is 0. The van der Waals surface area contributed by atoms with Crippen molar-refractivity contribution < 1.29 is 4.79 Å². The third-order valence-electron chi connectivity index (χ3n) is 3.22. The fourth-order valence-corrected chi connectivity index (χ4v) is 2.41. The minimum Gasteiger partial charge on any atom is -0.344 e. The number of hydrogen-bond acceptors (Lipinski definition) is 3. The Balaban J connectivity index is 2.22. The smallest absolute Gasteiger partial charge is 0.239 e. The SMILES string of the molecule is Cc1cnc(C2CC(C)CN2C(=O)C(C)N)[nH]1. The van der Waals surface area contributed by atoms with Gasteiger partial charge in [-0.25, -0.2) is 4.98 Å². The standard InChI is InChI=1S/C12H20N4O/c1-7-4-10(11-14-5-8(2)15-11)16(6-7)12(17)9(3)13/h5,7,9-10H,4,6,13H2,1-3H3,(H,14,15). The minimum absolute atomic E-state index is 0.00778. The Kier molecular flexibility index (Phi) is 3.19. The maximum atomic E-state index is 12.0. The molecule has 1 aliphatic rings. The maximum Gasteiger partial charge on any atom is 0.239 e. The van der Waals surface area contributed by atoms with Gasteiger partial charge in [0.2, 0.25) is 5.91 Å². The van der Waals surface area contributed by atoms with Crippen LogP contribution in [0.25, 0.3) is 0 Å². The van der Waals surface area contributed by atoms with Crippen molar-refractivity contribution >= 4 is 5.91 Å². The lowest BCUT2D eigenvalue weighted by atomic mass is 10.1. The zero-order chi connectivity index (χ0) is 12.6. The second-order valence-electron chi connectivity index (χ2n) is 5.09. The van der Waals surface area contributed by atoms with Gasteiger partial charge in [0, 0.05) is 18.4 Å². The normalized spacial score (nSPS) is 26.2. The molecule has 0 aromatic carbocycles. The fraction of sp³-hybridized carbons (Fsp3) is 0.667. The van der Waals surface area contributed by atoms with Crippen LogP contribution < -0.4 is 5.73 Å². The van der Waals surface area contributed by atoms with E-state index < -0.39 is 6.04 Å². The van der Waals surface area contributed by atoms with Crippen molar-refractivity contribution in [2.75, 3.05) is 6.54 Å². The number of nitrogens with two attached hydrogens (primary N) is 1. The number of rotatable bonds is 2. The molecule has 2 heterocycles. The van der Waals surface area contributed by atoms with Crippen molar-refractivity contribution in [1.82, 2.24) is 14.9 Å². The Morgan fingerprint density at radius 1 is 1.71 bits per heavy atom. The Labute approximate surface area is 101 Å². The lowest BCUT2D eigenvalue weighted by Gasteiger charge is -2.24. The molecule has 0 bridgehead atoms. The topological polar surface area (TPSA) is 75.0 Å². The average molecular weight is 236 g/mol. The van der Waals surface area contributed by atoms with Crippen LogP contribution in [0.3, 0.4) is 0 Å². The van der Waals surface area contributed by atoms with Crippen molar-refractivity contribution in [3.63, 3.8) is 0 Å². The maximum absolute atomic E-state index is 12.0. The number of aryl methyl sites for hydroxylation is 1. The second kappa shape index (κ2) is 4.49. The highest BCUT2D eigenvalue weighted by molar-refractivity contribution is 5.81. The van der Waals surface area contributed by atoms with Crippen LogP contribution in [-0.4, -0.2) is 33.4 Å². The summed E-state index contributed by atoms with van der Waals surface area (Å²) in [6, 6.07) is -0.393. The van der Waals surface area contributed by atoms with Gasteiger partial charge in [-0.15, -0.1) is 0 Å². The average Bonchev–Trinajstić information content (AvgIpc) is 2.83. The highest BCUT2D eigenvalue weighted by Crippen LogP contribution is 2.33. The number of amides is 1. The molecule has 3 unspecified atom stereocenters. The van der Waals surface area contributed by atoms with E-state index in [1.165, 1.54) is 0 Å². The third kappa shape index (κ3) is 2.34. The Hall–Kier alpha value is -1.36. The van der Waals surface area contributed by atoms with Crippen molar-refractivity contribution in [3.8, 4) is 0 Å². The Morgan fingerprint density at radius 2 is 2.41 bits per heavy atom. The molecule has 17 heavy (non-hydrogen) atoms. The molecule has 0 radical (unpaired) electrons. The van der Waals surface area contributed by atoms with Gasteiger partial charge in [-0.3, -0.25) is 4.79 Å². The Morgan fingerprint density at radius 3 is 2.94 bits per heavy atom. The van der Waals surface area contributed by atoms with Gasteiger partial charge in [0.05, 0.1) is 12.1 Å². The fourth-order valence-electron chi connectivity index (χ4n) is 2.41. The molecule has 5 heteroatoms. The van der Waals surface area contributed by atoms with E-state index in [1.54, 1.807) is 13.1 Å². The molecular formula is C12H20N4O. The van der Waals surface area contributed by atoms with Gasteiger partial charge in [-0.1, -0.05) is 6.92 Å². The molecule has 0 aliphatic carbocycles. The number of nitrogens with zero attached hydrogens (tertiary/aromatic N) is 2. The summed E-state index contributed by atoms with van der Waals surface area (Å²) in [6.45, 7) is 6.62. The molecule has 1 aliphatic heterocycles. The van der Waals surface area contributed by atoms with Crippen LogP contribution in [0.5, 0.6) is 0 Å². The van der Waals surface area contributed by atoms with E-state index in [-0.39, 0.29) is 11.9 Å². The molecule has 3 atom stereocenters. The highest BCUT2D eigenvalue weighted by atomic mass is 16.2. The number of aromatic nitrogens is 2. The van der Waals surface area contributed by atoms with Crippen LogP contribution in [-0.2, 0) is 4.79 Å². The number of carbonyl (C=O) groups is 1. The van der Waals surface area contributed by atoms with Crippen molar-refractivity contribution in [1.29, 1.82) is 0 Å². The molecule has 2 rings (SSSR count). The van der Waals surface area contributed by atoms with Crippen molar-refractivity contribution in [3.05, 3.63) is 17.7 Å². The molecule has 1 amide bonds. The van der Waals surface area contributed by atoms with E-state index in [9.17, 15) is 4.79 Å². The number of H-pyrrole nitrogens is 1. The molecule has 0 saturated carbocycles. The minimum atomic E-state index is -0.446. The van der Waals surface area contributed by atoms with Crippen LogP contribution in [0.15, 0.2) is 6.20 Å². The molecule has 5 nitrogen and oxygen atoms in total. The van der Waals surface area contributed by atoms with Crippen LogP contribution in [0.4, 0.5) is 0 Å². The van der Waals surface area contributed by atoms with Crippen molar-refractivity contribution in [2.24, 2.45) is 11.7 Å². The van der Waals surface area contributed by atoms with Crippen LogP contribution in [0.1, 0.15) is 37.8 Å². The molecule has 94 valence electrons. The van der Waals surface area contributed by atoms with E-state index >= 15 is 0 Å². The Bertz CT molecular complexity index is 412. The molecule has 1 aromatic rings. The number of nitrogens with one attached hydrogen (secondary N) is 1. The summed E-state index contributed by atoms with van der Waals surface area (Å²) in [5, 5.41) is 0. The molecule has 1 aromatic heterocycles. The molecule has 0 spiro atoms. The number of hydrogen-bond donors (Lipinski definition) is 2. The molecule has 1 saturated heterocycles. The molecule has 3 N–H and O–H groups in total. The largest absolute Gasteiger partial charge is 0.344 e. The predicted octanol–water partition coefficient (Wildman–Crippen LogP) is 0.975. The first-order valence-electron chi connectivity index (χ1n) is 6.06. The van der Waals surface area contributed by atoms with Crippen LogP contribution in [0.2, 0.25) is 0 Å². The lowest BCUT2D eigenvalue weighted by Crippen LogP contribution is -2.42. The van der Waals surface area contributed by atoms with Gasteiger partial charge < -0.3 is 15.6 Å². The van der Waals surface area contributed by atoms with E-state index in [2.05, 4.69) is 16.9 Å². The second-order valence-corrected chi connectivity index (χ2v) is 5.09. The van der Waals surface area contributed by atoms with Crippen molar-refractivity contribution in [2.45, 2.75) is 39.3 Å². The van der Waals surface area contributed by atoms with Gasteiger partial charge in [-0.05, 0) is 26.2 Å². The van der Waals surface area contributed by atoms with E-state index in [0.29, 0.717) is 5.92 Å².